The quantitative estimate of drug-likeness (QED) is 0.605. The van der Waals surface area contributed by atoms with E-state index in [-0.39, 0.29) is 5.82 Å². The third-order valence-electron chi connectivity index (χ3n) is 1.99. The molecule has 0 aromatic carbocycles. The number of nitriles is 1. The summed E-state index contributed by atoms with van der Waals surface area (Å²) >= 11 is 1.21. The summed E-state index contributed by atoms with van der Waals surface area (Å²) in [5, 5.41) is 10.4. The molecule has 0 saturated carbocycles. The second-order valence-corrected chi connectivity index (χ2v) is 5.93. The van der Waals surface area contributed by atoms with Gasteiger partial charge in [0.05, 0.1) is 10.8 Å². The molecule has 0 N–H and O–H groups in total. The Morgan fingerprint density at radius 1 is 1.71 bits per heavy atom. The van der Waals surface area contributed by atoms with E-state index < -0.39 is 16.7 Å². The van der Waals surface area contributed by atoms with E-state index in [2.05, 4.69) is 4.98 Å². The minimum Gasteiger partial charge on any atom is -0.274 e. The van der Waals surface area contributed by atoms with Gasteiger partial charge in [-0.25, -0.2) is 4.98 Å². The number of carbonyl (C=O) groups excluding carboxylic acids is 1. The topological polar surface area (TPSA) is 74.1 Å². The predicted octanol–water partition coefficient (Wildman–Crippen LogP) is 1.88. The van der Waals surface area contributed by atoms with E-state index in [1.807, 2.05) is 6.92 Å². The van der Waals surface area contributed by atoms with Crippen LogP contribution in [0.4, 0.5) is 5.82 Å². The molecule has 5 nitrogen and oxygen atoms in total. The second-order valence-electron chi connectivity index (χ2n) is 3.33. The molecular formula is C10H13N3O2S2. The minimum atomic E-state index is -1.13. The molecule has 0 aliphatic carbocycles. The van der Waals surface area contributed by atoms with Crippen LogP contribution in [-0.2, 0) is 15.6 Å². The zero-order valence-corrected chi connectivity index (χ0v) is 11.3. The predicted molar refractivity (Wildman–Crippen MR) is 67.1 cm³/mol. The summed E-state index contributed by atoms with van der Waals surface area (Å²) in [6.07, 6.45) is 3.59. The van der Waals surface area contributed by atoms with Gasteiger partial charge in [-0.2, -0.15) is 10.2 Å². The molecule has 17 heavy (non-hydrogen) atoms. The molecular weight excluding hydrogens is 258 g/mol. The summed E-state index contributed by atoms with van der Waals surface area (Å²) < 4.78 is 12.2. The Morgan fingerprint density at radius 3 is 2.94 bits per heavy atom. The highest BCUT2D eigenvalue weighted by Gasteiger charge is 2.16. The Kier molecular flexibility index (Phi) is 5.25. The first-order valence-corrected chi connectivity index (χ1v) is 7.34. The van der Waals surface area contributed by atoms with Crippen LogP contribution in [0.2, 0.25) is 0 Å². The largest absolute Gasteiger partial charge is 0.274 e. The van der Waals surface area contributed by atoms with Gasteiger partial charge in [0.15, 0.2) is 16.4 Å². The Bertz CT molecular complexity index is 464. The molecule has 1 heterocycles. The Labute approximate surface area is 107 Å². The minimum absolute atomic E-state index is 0.254. The maximum absolute atomic E-state index is 11.8. The van der Waals surface area contributed by atoms with Gasteiger partial charge in [0.1, 0.15) is 0 Å². The fourth-order valence-corrected chi connectivity index (χ4v) is 3.36. The highest BCUT2D eigenvalue weighted by Crippen LogP contribution is 2.21. The number of nitrogens with zero attached hydrogens (tertiary/aromatic N) is 3. The van der Waals surface area contributed by atoms with Gasteiger partial charge in [0, 0.05) is 18.1 Å². The van der Waals surface area contributed by atoms with Crippen LogP contribution in [-0.4, -0.2) is 20.9 Å². The van der Waals surface area contributed by atoms with Gasteiger partial charge in [-0.3, -0.25) is 9.00 Å². The van der Waals surface area contributed by atoms with Crippen LogP contribution in [0.15, 0.2) is 9.72 Å². The smallest absolute Gasteiger partial charge is 0.238 e. The molecule has 92 valence electrons. The van der Waals surface area contributed by atoms with E-state index in [0.717, 1.165) is 17.7 Å². The van der Waals surface area contributed by atoms with Gasteiger partial charge >= 0.3 is 0 Å². The fraction of sp³-hybridized carbons (Fsp3) is 0.500. The summed E-state index contributed by atoms with van der Waals surface area (Å²) in [7, 11) is -1.13. The van der Waals surface area contributed by atoms with E-state index in [4.69, 9.17) is 5.26 Å². The summed E-state index contributed by atoms with van der Waals surface area (Å²) in [6.45, 7) is 3.31. The Morgan fingerprint density at radius 2 is 2.41 bits per heavy atom. The van der Waals surface area contributed by atoms with Crippen molar-refractivity contribution in [3.05, 3.63) is 5.38 Å². The highest BCUT2D eigenvalue weighted by atomic mass is 32.2. The first-order valence-electron chi connectivity index (χ1n) is 5.14. The molecule has 0 saturated heterocycles. The second kappa shape index (κ2) is 6.47. The number of anilines is 1. The third kappa shape index (κ3) is 3.61. The molecule has 1 amide bonds. The van der Waals surface area contributed by atoms with E-state index in [0.29, 0.717) is 10.1 Å². The number of unbranched alkanes of at least 4 members (excludes halogenated alkanes) is 1. The van der Waals surface area contributed by atoms with Gasteiger partial charge in [-0.15, -0.1) is 11.3 Å². The molecule has 1 aromatic rings. The van der Waals surface area contributed by atoms with Gasteiger partial charge < -0.3 is 0 Å². The van der Waals surface area contributed by atoms with Gasteiger partial charge in [-0.1, -0.05) is 13.3 Å². The fourth-order valence-electron chi connectivity index (χ4n) is 1.10. The lowest BCUT2D eigenvalue weighted by atomic mass is 10.4. The molecule has 0 aliphatic heterocycles. The molecule has 0 bridgehead atoms. The highest BCUT2D eigenvalue weighted by molar-refractivity contribution is 7.87. The van der Waals surface area contributed by atoms with Crippen molar-refractivity contribution >= 4 is 33.9 Å². The standard InChI is InChI=1S/C10H13N3O2S2/c1-3-4-5-17(15)10-12-9(6-16-10)13(7-11)8(2)14/h6H,3-5H2,1-2H3. The van der Waals surface area contributed by atoms with E-state index >= 15 is 0 Å². The molecule has 0 spiro atoms. The number of carbonyl (C=O) groups is 1. The number of aromatic nitrogens is 1. The number of amides is 1. The van der Waals surface area contributed by atoms with Crippen molar-refractivity contribution in [3.8, 4) is 6.19 Å². The van der Waals surface area contributed by atoms with E-state index in [9.17, 15) is 9.00 Å². The van der Waals surface area contributed by atoms with Crippen LogP contribution < -0.4 is 4.90 Å². The SMILES string of the molecule is CCCCS(=O)c1nc(N(C#N)C(C)=O)cs1. The van der Waals surface area contributed by atoms with Crippen LogP contribution in [0, 0.1) is 11.5 Å². The molecule has 7 heteroatoms. The van der Waals surface area contributed by atoms with Crippen molar-refractivity contribution in [2.75, 3.05) is 10.7 Å². The monoisotopic (exact) mass is 271 g/mol. The van der Waals surface area contributed by atoms with Crippen LogP contribution in [0.1, 0.15) is 26.7 Å². The van der Waals surface area contributed by atoms with E-state index in [1.165, 1.54) is 18.3 Å². The maximum atomic E-state index is 11.8. The third-order valence-corrected chi connectivity index (χ3v) is 4.60. The van der Waals surface area contributed by atoms with Crippen molar-refractivity contribution < 1.29 is 9.00 Å². The molecule has 1 rings (SSSR count). The molecule has 0 radical (unpaired) electrons. The number of hydrogen-bond donors (Lipinski definition) is 0. The van der Waals surface area contributed by atoms with Crippen molar-refractivity contribution in [2.45, 2.75) is 31.0 Å². The van der Waals surface area contributed by atoms with Crippen molar-refractivity contribution in [1.82, 2.24) is 4.98 Å². The van der Waals surface area contributed by atoms with Crippen LogP contribution in [0.25, 0.3) is 0 Å². The Hall–Kier alpha value is -1.26. The zero-order valence-electron chi connectivity index (χ0n) is 9.67. The van der Waals surface area contributed by atoms with Gasteiger partial charge in [0.25, 0.3) is 0 Å². The summed E-state index contributed by atoms with van der Waals surface area (Å²) in [4.78, 5) is 16.1. The van der Waals surface area contributed by atoms with Gasteiger partial charge in [0.2, 0.25) is 5.91 Å². The lowest BCUT2D eigenvalue weighted by Crippen LogP contribution is -2.22. The molecule has 1 atom stereocenters. The van der Waals surface area contributed by atoms with Crippen molar-refractivity contribution in [1.29, 1.82) is 5.26 Å². The normalized spacial score (nSPS) is 11.8. The zero-order chi connectivity index (χ0) is 12.8. The summed E-state index contributed by atoms with van der Waals surface area (Å²) in [5.74, 6) is 0.421. The van der Waals surface area contributed by atoms with Gasteiger partial charge in [-0.05, 0) is 6.42 Å². The average molecular weight is 271 g/mol. The Balaban J connectivity index is 2.81. The first-order chi connectivity index (χ1) is 8.10. The van der Waals surface area contributed by atoms with Crippen LogP contribution >= 0.6 is 11.3 Å². The molecule has 1 unspecified atom stereocenters. The first kappa shape index (κ1) is 13.8. The van der Waals surface area contributed by atoms with Crippen LogP contribution in [0.3, 0.4) is 0 Å². The molecule has 0 aliphatic rings. The average Bonchev–Trinajstić information content (AvgIpc) is 2.75. The molecule has 0 fully saturated rings. The van der Waals surface area contributed by atoms with Crippen molar-refractivity contribution in [2.24, 2.45) is 0 Å². The van der Waals surface area contributed by atoms with E-state index in [1.54, 1.807) is 11.6 Å². The van der Waals surface area contributed by atoms with Crippen molar-refractivity contribution in [3.63, 3.8) is 0 Å². The van der Waals surface area contributed by atoms with Crippen LogP contribution in [0.5, 0.6) is 0 Å². The lowest BCUT2D eigenvalue weighted by molar-refractivity contribution is -0.115. The number of rotatable bonds is 5. The number of thiazole rings is 1. The summed E-state index contributed by atoms with van der Waals surface area (Å²) in [6, 6.07) is 0. The number of hydrogen-bond acceptors (Lipinski definition) is 5. The lowest BCUT2D eigenvalue weighted by Gasteiger charge is -2.05. The molecule has 1 aromatic heterocycles. The maximum Gasteiger partial charge on any atom is 0.238 e. The summed E-state index contributed by atoms with van der Waals surface area (Å²) in [5.41, 5.74) is 0.